The minimum Gasteiger partial charge on any atom is -0.394 e. The highest BCUT2D eigenvalue weighted by molar-refractivity contribution is 5.79. The molecule has 7 nitrogen and oxygen atoms in total. The zero-order chi connectivity index (χ0) is 20.5. The third-order valence-electron chi connectivity index (χ3n) is 8.42. The quantitative estimate of drug-likeness (QED) is 0.512. The molecule has 0 spiro atoms. The number of hydrogen-bond acceptors (Lipinski definition) is 7. The molecule has 4 rings (SSSR count). The maximum absolute atomic E-state index is 12.1. The van der Waals surface area contributed by atoms with Crippen molar-refractivity contribution < 1.29 is 34.7 Å². The van der Waals surface area contributed by atoms with Gasteiger partial charge in [0.2, 0.25) is 0 Å². The van der Waals surface area contributed by atoms with Gasteiger partial charge < -0.3 is 29.9 Å². The van der Waals surface area contributed by atoms with Crippen molar-refractivity contribution in [2.24, 2.45) is 22.2 Å². The molecule has 1 heterocycles. The van der Waals surface area contributed by atoms with Crippen LogP contribution in [0.3, 0.4) is 0 Å². The van der Waals surface area contributed by atoms with Crippen molar-refractivity contribution in [3.8, 4) is 0 Å². The van der Waals surface area contributed by atoms with Crippen LogP contribution in [0.25, 0.3) is 0 Å². The Bertz CT molecular complexity index is 674. The number of rotatable bonds is 4. The van der Waals surface area contributed by atoms with Gasteiger partial charge in [-0.15, -0.1) is 0 Å². The van der Waals surface area contributed by atoms with E-state index in [1.165, 1.54) is 0 Å². The molecular weight excluding hydrogens is 364 g/mol. The van der Waals surface area contributed by atoms with E-state index in [9.17, 15) is 25.2 Å². The summed E-state index contributed by atoms with van der Waals surface area (Å²) in [5, 5.41) is 40.0. The van der Waals surface area contributed by atoms with Gasteiger partial charge in [-0.2, -0.15) is 0 Å². The fourth-order valence-corrected chi connectivity index (χ4v) is 7.15. The van der Waals surface area contributed by atoms with Gasteiger partial charge in [0.25, 0.3) is 0 Å². The van der Waals surface area contributed by atoms with Crippen LogP contribution in [0, 0.1) is 22.2 Å². The molecule has 28 heavy (non-hydrogen) atoms. The maximum atomic E-state index is 12.1. The Morgan fingerprint density at radius 2 is 1.86 bits per heavy atom. The molecule has 3 fully saturated rings. The summed E-state index contributed by atoms with van der Waals surface area (Å²) in [7, 11) is 0. The predicted octanol–water partition coefficient (Wildman–Crippen LogP) is 0.533. The van der Waals surface area contributed by atoms with Crippen molar-refractivity contribution in [2.75, 3.05) is 6.61 Å². The van der Waals surface area contributed by atoms with Crippen LogP contribution >= 0.6 is 0 Å². The summed E-state index contributed by atoms with van der Waals surface area (Å²) >= 11 is 0. The second kappa shape index (κ2) is 6.59. The number of aliphatic hydroxyl groups excluding tert-OH is 4. The molecule has 2 saturated carbocycles. The first-order valence-corrected chi connectivity index (χ1v) is 10.3. The number of aldehydes is 1. The third kappa shape index (κ3) is 2.29. The lowest BCUT2D eigenvalue weighted by Gasteiger charge is -2.49. The third-order valence-corrected chi connectivity index (χ3v) is 8.42. The average Bonchev–Trinajstić information content (AvgIpc) is 3.22. The summed E-state index contributed by atoms with van der Waals surface area (Å²) < 4.78 is 11.9. The van der Waals surface area contributed by atoms with Gasteiger partial charge in [0.1, 0.15) is 30.7 Å². The van der Waals surface area contributed by atoms with Gasteiger partial charge >= 0.3 is 0 Å². The minimum absolute atomic E-state index is 0.0749. The maximum Gasteiger partial charge on any atom is 0.187 e. The monoisotopic (exact) mass is 396 g/mol. The number of hydrogen-bond donors (Lipinski definition) is 4. The largest absolute Gasteiger partial charge is 0.394 e. The van der Waals surface area contributed by atoms with Gasteiger partial charge in [-0.3, -0.25) is 4.79 Å². The van der Waals surface area contributed by atoms with E-state index in [2.05, 4.69) is 26.8 Å². The zero-order valence-electron chi connectivity index (χ0n) is 16.7. The topological polar surface area (TPSA) is 116 Å². The van der Waals surface area contributed by atoms with Crippen LogP contribution in [0.2, 0.25) is 0 Å². The normalized spacial score (nSPS) is 52.2. The number of aliphatic hydroxyl groups is 4. The van der Waals surface area contributed by atoms with E-state index in [4.69, 9.17) is 9.47 Å². The lowest BCUT2D eigenvalue weighted by Crippen LogP contribution is -2.60. The smallest absolute Gasteiger partial charge is 0.187 e. The lowest BCUT2D eigenvalue weighted by molar-refractivity contribution is -0.319. The van der Waals surface area contributed by atoms with E-state index < -0.39 is 42.7 Å². The van der Waals surface area contributed by atoms with Crippen LogP contribution in [-0.4, -0.2) is 70.1 Å². The summed E-state index contributed by atoms with van der Waals surface area (Å²) in [6.07, 6.45) is -0.115. The van der Waals surface area contributed by atoms with E-state index in [1.54, 1.807) is 0 Å². The molecule has 3 aliphatic carbocycles. The van der Waals surface area contributed by atoms with E-state index in [-0.39, 0.29) is 22.9 Å². The molecule has 0 unspecified atom stereocenters. The molecule has 0 aromatic rings. The fraction of sp³-hybridized carbons (Fsp3) is 0.857. The molecule has 158 valence electrons. The SMILES string of the molecule is C[C@@H]1CC[C@]23CC[C@H](O[C@@H]4O[C@H](CO)[C@@H](O)[C@H](O)[C@H]4O)[C@]12C(C=O)=CC3(C)C. The molecule has 0 amide bonds. The molecule has 0 radical (unpaired) electrons. The molecule has 7 heteroatoms. The van der Waals surface area contributed by atoms with Crippen LogP contribution in [-0.2, 0) is 14.3 Å². The summed E-state index contributed by atoms with van der Waals surface area (Å²) in [5.74, 6) is 0.239. The number of carbonyl (C=O) groups excluding carboxylic acids is 1. The summed E-state index contributed by atoms with van der Waals surface area (Å²) in [6, 6.07) is 0. The highest BCUT2D eigenvalue weighted by atomic mass is 16.7. The van der Waals surface area contributed by atoms with Crippen LogP contribution in [0.4, 0.5) is 0 Å². The highest BCUT2D eigenvalue weighted by Crippen LogP contribution is 2.78. The molecule has 1 aliphatic heterocycles. The zero-order valence-corrected chi connectivity index (χ0v) is 16.7. The van der Waals surface area contributed by atoms with E-state index in [1.807, 2.05) is 0 Å². The molecule has 4 N–H and O–H groups in total. The first-order valence-electron chi connectivity index (χ1n) is 10.3. The Morgan fingerprint density at radius 1 is 1.18 bits per heavy atom. The Kier molecular flexibility index (Phi) is 4.81. The Labute approximate surface area is 165 Å². The van der Waals surface area contributed by atoms with Gasteiger partial charge in [0.15, 0.2) is 6.29 Å². The number of carbonyl (C=O) groups is 1. The summed E-state index contributed by atoms with van der Waals surface area (Å²) in [4.78, 5) is 12.1. The Morgan fingerprint density at radius 3 is 2.50 bits per heavy atom. The van der Waals surface area contributed by atoms with Crippen molar-refractivity contribution in [3.63, 3.8) is 0 Å². The van der Waals surface area contributed by atoms with Crippen molar-refractivity contribution in [1.29, 1.82) is 0 Å². The van der Waals surface area contributed by atoms with Gasteiger partial charge in [-0.25, -0.2) is 0 Å². The molecular formula is C21H32O7. The van der Waals surface area contributed by atoms with Crippen LogP contribution in [0.1, 0.15) is 46.5 Å². The first-order chi connectivity index (χ1) is 13.2. The van der Waals surface area contributed by atoms with Gasteiger partial charge in [0.05, 0.1) is 12.7 Å². The molecule has 4 aliphatic rings. The van der Waals surface area contributed by atoms with Gasteiger partial charge in [-0.05, 0) is 48.0 Å². The van der Waals surface area contributed by atoms with Crippen molar-refractivity contribution in [1.82, 2.24) is 0 Å². The first kappa shape index (κ1) is 20.4. The molecule has 1 saturated heterocycles. The van der Waals surface area contributed by atoms with E-state index in [0.717, 1.165) is 37.5 Å². The lowest BCUT2D eigenvalue weighted by atomic mass is 9.56. The van der Waals surface area contributed by atoms with Crippen molar-refractivity contribution >= 4 is 6.29 Å². The molecule has 0 aromatic carbocycles. The Balaban J connectivity index is 1.68. The van der Waals surface area contributed by atoms with Crippen LogP contribution in [0.15, 0.2) is 11.6 Å². The number of allylic oxidation sites excluding steroid dienone is 1. The summed E-state index contributed by atoms with van der Waals surface area (Å²) in [5.41, 5.74) is 0.113. The van der Waals surface area contributed by atoms with Crippen molar-refractivity contribution in [3.05, 3.63) is 11.6 Å². The Hall–Kier alpha value is -0.830. The van der Waals surface area contributed by atoms with Gasteiger partial charge in [-0.1, -0.05) is 26.8 Å². The van der Waals surface area contributed by atoms with E-state index in [0.29, 0.717) is 0 Å². The molecule has 9 atom stereocenters. The van der Waals surface area contributed by atoms with Crippen LogP contribution in [0.5, 0.6) is 0 Å². The molecule has 0 bridgehead atoms. The standard InChI is InChI=1S/C21H32O7/c1-11-4-6-20-7-5-14(21(11,20)12(9-22)8-19(20,2)3)28-18-17(26)16(25)15(24)13(10-23)27-18/h8-9,11,13-18,23-26H,4-7,10H2,1-3H3/t11-,13-,14+,15-,16+,17-,18+,20-,21-/m1/s1. The average molecular weight is 396 g/mol. The predicted molar refractivity (Wildman–Crippen MR) is 99.1 cm³/mol. The molecule has 0 aromatic heterocycles. The van der Waals surface area contributed by atoms with Gasteiger partial charge in [0, 0.05) is 5.41 Å². The second-order valence-electron chi connectivity index (χ2n) is 9.69. The fourth-order valence-electron chi connectivity index (χ4n) is 7.15. The minimum atomic E-state index is -1.47. The number of ether oxygens (including phenoxy) is 2. The second-order valence-corrected chi connectivity index (χ2v) is 9.69. The van der Waals surface area contributed by atoms with Crippen molar-refractivity contribution in [2.45, 2.75) is 83.3 Å². The van der Waals surface area contributed by atoms with E-state index >= 15 is 0 Å². The summed E-state index contributed by atoms with van der Waals surface area (Å²) in [6.45, 7) is 6.04. The van der Waals surface area contributed by atoms with Crippen LogP contribution < -0.4 is 0 Å². The highest BCUT2D eigenvalue weighted by Gasteiger charge is 2.75.